The molecule has 2 saturated heterocycles. The zero-order valence-electron chi connectivity index (χ0n) is 20.1. The van der Waals surface area contributed by atoms with Crippen LogP contribution >= 0.6 is 0 Å². The van der Waals surface area contributed by atoms with Gasteiger partial charge in [0.05, 0.1) is 13.0 Å². The van der Waals surface area contributed by atoms with Gasteiger partial charge in [-0.2, -0.15) is 0 Å². The maximum atomic E-state index is 12.7. The fourth-order valence-corrected chi connectivity index (χ4v) is 4.79. The molecule has 2 aliphatic rings. The summed E-state index contributed by atoms with van der Waals surface area (Å²) in [6.45, 7) is 5.61. The molecule has 0 radical (unpaired) electrons. The number of hydrogen-bond acceptors (Lipinski definition) is 4. The number of ether oxygens (including phenoxy) is 1. The third kappa shape index (κ3) is 7.32. The number of para-hydroxylation sites is 1. The molecule has 2 aromatic carbocycles. The minimum Gasteiger partial charge on any atom is -0.493 e. The zero-order chi connectivity index (χ0) is 23.6. The summed E-state index contributed by atoms with van der Waals surface area (Å²) < 4.78 is 5.63. The van der Waals surface area contributed by atoms with Crippen molar-refractivity contribution in [2.45, 2.75) is 51.6 Å². The highest BCUT2D eigenvalue weighted by atomic mass is 16.5. The van der Waals surface area contributed by atoms with Crippen LogP contribution in [-0.2, 0) is 22.7 Å². The Labute approximate surface area is 203 Å². The molecule has 0 atom stereocenters. The number of hydrogen-bond donors (Lipinski definition) is 1. The largest absolute Gasteiger partial charge is 0.493 e. The molecule has 2 amide bonds. The number of amides is 2. The van der Waals surface area contributed by atoms with Gasteiger partial charge in [-0.1, -0.05) is 48.9 Å². The lowest BCUT2D eigenvalue weighted by molar-refractivity contribution is -0.136. The summed E-state index contributed by atoms with van der Waals surface area (Å²) in [7, 11) is 0. The quantitative estimate of drug-likeness (QED) is 0.611. The van der Waals surface area contributed by atoms with Gasteiger partial charge in [0, 0.05) is 32.1 Å². The molecule has 0 spiro atoms. The summed E-state index contributed by atoms with van der Waals surface area (Å²) >= 11 is 0. The highest BCUT2D eigenvalue weighted by Crippen LogP contribution is 2.19. The molecule has 0 aliphatic carbocycles. The van der Waals surface area contributed by atoms with E-state index in [1.807, 2.05) is 35.2 Å². The van der Waals surface area contributed by atoms with Crippen molar-refractivity contribution in [3.05, 3.63) is 65.7 Å². The number of likely N-dealkylation sites (tertiary alicyclic amines) is 2. The van der Waals surface area contributed by atoms with Gasteiger partial charge in [0.15, 0.2) is 0 Å². The average molecular weight is 464 g/mol. The molecule has 182 valence electrons. The first-order valence-electron chi connectivity index (χ1n) is 12.7. The van der Waals surface area contributed by atoms with E-state index in [0.29, 0.717) is 45.5 Å². The van der Waals surface area contributed by atoms with Crippen molar-refractivity contribution < 1.29 is 14.3 Å². The Balaban J connectivity index is 1.13. The molecule has 2 heterocycles. The summed E-state index contributed by atoms with van der Waals surface area (Å²) in [5, 5.41) is 3.09. The van der Waals surface area contributed by atoms with Gasteiger partial charge in [-0.25, -0.2) is 0 Å². The fourth-order valence-electron chi connectivity index (χ4n) is 4.79. The molecule has 0 unspecified atom stereocenters. The molecular formula is C28H37N3O3. The Morgan fingerprint density at radius 2 is 1.53 bits per heavy atom. The van der Waals surface area contributed by atoms with Gasteiger partial charge in [-0.05, 0) is 62.0 Å². The van der Waals surface area contributed by atoms with E-state index in [4.69, 9.17) is 4.74 Å². The number of piperidine rings is 2. The van der Waals surface area contributed by atoms with Crippen LogP contribution in [0.2, 0.25) is 0 Å². The maximum absolute atomic E-state index is 12.7. The molecule has 2 aromatic rings. The zero-order valence-corrected chi connectivity index (χ0v) is 20.1. The number of nitrogens with one attached hydrogen (secondary N) is 1. The van der Waals surface area contributed by atoms with Gasteiger partial charge in [0.1, 0.15) is 5.75 Å². The molecule has 0 aromatic heterocycles. The van der Waals surface area contributed by atoms with Gasteiger partial charge in [0.25, 0.3) is 0 Å². The minimum atomic E-state index is -0.0250. The predicted octanol–water partition coefficient (Wildman–Crippen LogP) is 4.00. The van der Waals surface area contributed by atoms with E-state index >= 15 is 0 Å². The Hall–Kier alpha value is -2.86. The molecule has 6 nitrogen and oxygen atoms in total. The van der Waals surface area contributed by atoms with Crippen molar-refractivity contribution in [1.82, 2.24) is 15.1 Å². The molecule has 4 rings (SSSR count). The van der Waals surface area contributed by atoms with Crippen LogP contribution in [0.3, 0.4) is 0 Å². The second-order valence-corrected chi connectivity index (χ2v) is 9.44. The van der Waals surface area contributed by atoms with Crippen LogP contribution in [0.1, 0.15) is 49.7 Å². The second kappa shape index (κ2) is 12.6. The average Bonchev–Trinajstić information content (AvgIpc) is 2.89. The normalized spacial score (nSPS) is 17.4. The molecular weight excluding hydrogens is 426 g/mol. The maximum Gasteiger partial charge on any atom is 0.225 e. The SMILES string of the molecule is O=C(NCc1ccc(CN2CCCCC2)cc1)C1CCN(C(=O)CCOc2ccccc2)CC1. The van der Waals surface area contributed by atoms with Gasteiger partial charge >= 0.3 is 0 Å². The summed E-state index contributed by atoms with van der Waals surface area (Å²) in [4.78, 5) is 29.5. The Morgan fingerprint density at radius 1 is 0.853 bits per heavy atom. The van der Waals surface area contributed by atoms with Gasteiger partial charge in [-0.3, -0.25) is 14.5 Å². The van der Waals surface area contributed by atoms with Crippen LogP contribution in [0.25, 0.3) is 0 Å². The van der Waals surface area contributed by atoms with Crippen molar-refractivity contribution in [1.29, 1.82) is 0 Å². The van der Waals surface area contributed by atoms with Crippen LogP contribution in [0.15, 0.2) is 54.6 Å². The first kappa shape index (κ1) is 24.3. The van der Waals surface area contributed by atoms with Crippen molar-refractivity contribution in [2.24, 2.45) is 5.92 Å². The topological polar surface area (TPSA) is 61.9 Å². The monoisotopic (exact) mass is 463 g/mol. The molecule has 0 saturated carbocycles. The smallest absolute Gasteiger partial charge is 0.225 e. The second-order valence-electron chi connectivity index (χ2n) is 9.44. The van der Waals surface area contributed by atoms with E-state index in [1.165, 1.54) is 37.9 Å². The predicted molar refractivity (Wildman–Crippen MR) is 133 cm³/mol. The molecule has 6 heteroatoms. The number of carbonyl (C=O) groups is 2. The number of rotatable bonds is 9. The van der Waals surface area contributed by atoms with E-state index in [1.54, 1.807) is 0 Å². The first-order valence-corrected chi connectivity index (χ1v) is 12.7. The number of nitrogens with zero attached hydrogens (tertiary/aromatic N) is 2. The van der Waals surface area contributed by atoms with Crippen molar-refractivity contribution in [3.8, 4) is 5.75 Å². The lowest BCUT2D eigenvalue weighted by Gasteiger charge is -2.31. The Bertz CT molecular complexity index is 902. The van der Waals surface area contributed by atoms with E-state index < -0.39 is 0 Å². The van der Waals surface area contributed by atoms with Crippen LogP contribution in [-0.4, -0.2) is 54.4 Å². The van der Waals surface area contributed by atoms with Gasteiger partial charge < -0.3 is 15.0 Å². The number of carbonyl (C=O) groups excluding carboxylic acids is 2. The molecule has 2 fully saturated rings. The summed E-state index contributed by atoms with van der Waals surface area (Å²) in [5.41, 5.74) is 2.46. The number of benzene rings is 2. The van der Waals surface area contributed by atoms with Crippen LogP contribution in [0.4, 0.5) is 0 Å². The summed E-state index contributed by atoms with van der Waals surface area (Å²) in [5.74, 6) is 0.946. The molecule has 1 N–H and O–H groups in total. The summed E-state index contributed by atoms with van der Waals surface area (Å²) in [6, 6.07) is 18.2. The Morgan fingerprint density at radius 3 is 2.24 bits per heavy atom. The van der Waals surface area contributed by atoms with E-state index in [0.717, 1.165) is 17.9 Å². The standard InChI is InChI=1S/C28H37N3O3/c32-27(15-20-34-26-7-3-1-4-8-26)31-18-13-25(14-19-31)28(33)29-21-23-9-11-24(12-10-23)22-30-16-5-2-6-17-30/h1,3-4,7-12,25H,2,5-6,13-22H2,(H,29,33). The lowest BCUT2D eigenvalue weighted by atomic mass is 9.95. The highest BCUT2D eigenvalue weighted by Gasteiger charge is 2.27. The van der Waals surface area contributed by atoms with Crippen LogP contribution < -0.4 is 10.1 Å². The summed E-state index contributed by atoms with van der Waals surface area (Å²) in [6.07, 6.45) is 5.76. The van der Waals surface area contributed by atoms with E-state index in [2.05, 4.69) is 34.5 Å². The van der Waals surface area contributed by atoms with E-state index in [-0.39, 0.29) is 17.7 Å². The lowest BCUT2D eigenvalue weighted by Crippen LogP contribution is -2.43. The van der Waals surface area contributed by atoms with Crippen molar-refractivity contribution in [3.63, 3.8) is 0 Å². The first-order chi connectivity index (χ1) is 16.7. The molecule has 2 aliphatic heterocycles. The fraction of sp³-hybridized carbons (Fsp3) is 0.500. The van der Waals surface area contributed by atoms with Crippen LogP contribution in [0.5, 0.6) is 5.75 Å². The third-order valence-electron chi connectivity index (χ3n) is 6.89. The van der Waals surface area contributed by atoms with Crippen LogP contribution in [0, 0.1) is 5.92 Å². The third-order valence-corrected chi connectivity index (χ3v) is 6.89. The van der Waals surface area contributed by atoms with Crippen molar-refractivity contribution >= 4 is 11.8 Å². The van der Waals surface area contributed by atoms with Gasteiger partial charge in [0.2, 0.25) is 11.8 Å². The van der Waals surface area contributed by atoms with Gasteiger partial charge in [-0.15, -0.1) is 0 Å². The Kier molecular flexibility index (Phi) is 8.97. The molecule has 34 heavy (non-hydrogen) atoms. The minimum absolute atomic E-state index is 0.0250. The molecule has 0 bridgehead atoms. The van der Waals surface area contributed by atoms with Crippen molar-refractivity contribution in [2.75, 3.05) is 32.8 Å². The highest BCUT2D eigenvalue weighted by molar-refractivity contribution is 5.80. The van der Waals surface area contributed by atoms with E-state index in [9.17, 15) is 9.59 Å².